The molecule has 0 saturated heterocycles. The number of aromatic nitrogens is 2. The van der Waals surface area contributed by atoms with Gasteiger partial charge in [0.2, 0.25) is 0 Å². The number of imidazole rings is 1. The first-order valence-electron chi connectivity index (χ1n) is 8.78. The summed E-state index contributed by atoms with van der Waals surface area (Å²) in [7, 11) is 0. The zero-order chi connectivity index (χ0) is 17.4. The fourth-order valence-corrected chi connectivity index (χ4v) is 3.82. The van der Waals surface area contributed by atoms with Gasteiger partial charge in [-0.25, -0.2) is 13.8 Å². The topological polar surface area (TPSA) is 38.1 Å². The molecule has 130 valence electrons. The summed E-state index contributed by atoms with van der Waals surface area (Å²) in [6, 6.07) is 9.58. The van der Waals surface area contributed by atoms with E-state index in [2.05, 4.69) is 4.98 Å². The van der Waals surface area contributed by atoms with Crippen molar-refractivity contribution in [1.29, 1.82) is 0 Å². The van der Waals surface area contributed by atoms with Crippen LogP contribution in [0.1, 0.15) is 32.1 Å². The van der Waals surface area contributed by atoms with Crippen molar-refractivity contribution in [3.05, 3.63) is 48.0 Å². The number of halogens is 2. The minimum Gasteiger partial charge on any atom is -0.507 e. The first kappa shape index (κ1) is 16.1. The Morgan fingerprint density at radius 3 is 2.56 bits per heavy atom. The Bertz CT molecular complexity index is 913. The normalized spacial score (nSPS) is 15.8. The summed E-state index contributed by atoms with van der Waals surface area (Å²) in [6.45, 7) is 0.700. The summed E-state index contributed by atoms with van der Waals surface area (Å²) in [5.74, 6) is -0.772. The van der Waals surface area contributed by atoms with Crippen molar-refractivity contribution in [3.63, 3.8) is 0 Å². The van der Waals surface area contributed by atoms with Crippen LogP contribution >= 0.6 is 0 Å². The fraction of sp³-hybridized carbons (Fsp3) is 0.350. The molecule has 1 N–H and O–H groups in total. The molecular formula is C20H20F2N2O. The maximum atomic E-state index is 14.3. The number of phenols is 1. The summed E-state index contributed by atoms with van der Waals surface area (Å²) in [4.78, 5) is 4.36. The minimum absolute atomic E-state index is 0.0223. The maximum absolute atomic E-state index is 14.3. The molecule has 0 atom stereocenters. The van der Waals surface area contributed by atoms with Crippen molar-refractivity contribution in [2.24, 2.45) is 5.92 Å². The average Bonchev–Trinajstić information content (AvgIpc) is 2.98. The van der Waals surface area contributed by atoms with E-state index in [1.165, 1.54) is 19.3 Å². The van der Waals surface area contributed by atoms with Gasteiger partial charge in [0.1, 0.15) is 17.1 Å². The molecule has 0 spiro atoms. The van der Waals surface area contributed by atoms with Crippen LogP contribution in [0.15, 0.2) is 36.4 Å². The number of rotatable bonds is 3. The van der Waals surface area contributed by atoms with E-state index in [0.717, 1.165) is 18.9 Å². The summed E-state index contributed by atoms with van der Waals surface area (Å²) in [5.41, 5.74) is 1.13. The smallest absolute Gasteiger partial charge is 0.186 e. The number of nitrogens with zero attached hydrogens (tertiary/aromatic N) is 2. The third kappa shape index (κ3) is 2.88. The van der Waals surface area contributed by atoms with Gasteiger partial charge in [-0.3, -0.25) is 0 Å². The van der Waals surface area contributed by atoms with Crippen LogP contribution in [-0.2, 0) is 6.54 Å². The van der Waals surface area contributed by atoms with Crippen LogP contribution in [0.25, 0.3) is 22.4 Å². The molecule has 4 rings (SSSR count). The van der Waals surface area contributed by atoms with Crippen LogP contribution in [0.3, 0.4) is 0 Å². The van der Waals surface area contributed by atoms with Gasteiger partial charge in [0.15, 0.2) is 11.6 Å². The second kappa shape index (κ2) is 6.47. The number of hydrogen-bond donors (Lipinski definition) is 1. The minimum atomic E-state index is -0.934. The predicted molar refractivity (Wildman–Crippen MR) is 93.3 cm³/mol. The average molecular weight is 342 g/mol. The molecule has 5 heteroatoms. The Morgan fingerprint density at radius 2 is 1.80 bits per heavy atom. The molecule has 1 aliphatic rings. The highest BCUT2D eigenvalue weighted by Gasteiger charge is 2.22. The van der Waals surface area contributed by atoms with Gasteiger partial charge < -0.3 is 9.67 Å². The first-order chi connectivity index (χ1) is 12.1. The van der Waals surface area contributed by atoms with Gasteiger partial charge in [0.05, 0.1) is 11.1 Å². The van der Waals surface area contributed by atoms with Gasteiger partial charge in [0.25, 0.3) is 0 Å². The Morgan fingerprint density at radius 1 is 1.04 bits per heavy atom. The molecule has 3 aromatic rings. The SMILES string of the molecule is Oc1ccccc1-c1nc2c(F)c(F)ccc2n1CC1CCCCC1. The summed E-state index contributed by atoms with van der Waals surface area (Å²) in [5, 5.41) is 10.2. The van der Waals surface area contributed by atoms with Crippen LogP contribution in [0.4, 0.5) is 8.78 Å². The molecule has 0 radical (unpaired) electrons. The van der Waals surface area contributed by atoms with Crippen LogP contribution < -0.4 is 0 Å². The Balaban J connectivity index is 1.89. The Hall–Kier alpha value is -2.43. The lowest BCUT2D eigenvalue weighted by molar-refractivity contribution is 0.323. The van der Waals surface area contributed by atoms with Crippen molar-refractivity contribution >= 4 is 11.0 Å². The van der Waals surface area contributed by atoms with Crippen molar-refractivity contribution in [1.82, 2.24) is 9.55 Å². The highest BCUT2D eigenvalue weighted by atomic mass is 19.2. The van der Waals surface area contributed by atoms with Crippen molar-refractivity contribution < 1.29 is 13.9 Å². The zero-order valence-electron chi connectivity index (χ0n) is 13.9. The van der Waals surface area contributed by atoms with E-state index < -0.39 is 11.6 Å². The molecule has 1 saturated carbocycles. The zero-order valence-corrected chi connectivity index (χ0v) is 13.9. The van der Waals surface area contributed by atoms with Crippen molar-refractivity contribution in [2.45, 2.75) is 38.6 Å². The van der Waals surface area contributed by atoms with Crippen molar-refractivity contribution in [3.8, 4) is 17.1 Å². The number of benzene rings is 2. The van der Waals surface area contributed by atoms with Gasteiger partial charge in [-0.05, 0) is 43.0 Å². The monoisotopic (exact) mass is 342 g/mol. The molecule has 1 aromatic heterocycles. The molecule has 2 aromatic carbocycles. The fourth-order valence-electron chi connectivity index (χ4n) is 3.82. The number of para-hydroxylation sites is 1. The van der Waals surface area contributed by atoms with E-state index in [4.69, 9.17) is 0 Å². The third-order valence-electron chi connectivity index (χ3n) is 5.12. The molecule has 1 aliphatic carbocycles. The van der Waals surface area contributed by atoms with Gasteiger partial charge >= 0.3 is 0 Å². The summed E-state index contributed by atoms with van der Waals surface area (Å²) < 4.78 is 29.9. The lowest BCUT2D eigenvalue weighted by Gasteiger charge is -2.23. The largest absolute Gasteiger partial charge is 0.507 e. The van der Waals surface area contributed by atoms with Crippen molar-refractivity contribution in [2.75, 3.05) is 0 Å². The van der Waals surface area contributed by atoms with Gasteiger partial charge in [-0.15, -0.1) is 0 Å². The standard InChI is InChI=1S/C20H20F2N2O/c21-15-10-11-16-19(18(15)22)23-20(14-8-4-5-9-17(14)25)24(16)12-13-6-2-1-3-7-13/h4-5,8-11,13,25H,1-3,6-7,12H2. The molecule has 25 heavy (non-hydrogen) atoms. The summed E-state index contributed by atoms with van der Waals surface area (Å²) in [6.07, 6.45) is 5.92. The van der Waals surface area contributed by atoms with E-state index in [1.54, 1.807) is 30.3 Å². The molecule has 1 fully saturated rings. The van der Waals surface area contributed by atoms with Gasteiger partial charge in [-0.2, -0.15) is 0 Å². The maximum Gasteiger partial charge on any atom is 0.186 e. The quantitative estimate of drug-likeness (QED) is 0.704. The third-order valence-corrected chi connectivity index (χ3v) is 5.12. The molecule has 0 amide bonds. The Kier molecular flexibility index (Phi) is 4.15. The van der Waals surface area contributed by atoms with Gasteiger partial charge in [-0.1, -0.05) is 31.4 Å². The highest BCUT2D eigenvalue weighted by molar-refractivity contribution is 5.82. The molecule has 1 heterocycles. The number of hydrogen-bond acceptors (Lipinski definition) is 2. The number of fused-ring (bicyclic) bond motifs is 1. The summed E-state index contributed by atoms with van der Waals surface area (Å²) >= 11 is 0. The van der Waals surface area contributed by atoms with Crippen LogP contribution in [0.5, 0.6) is 5.75 Å². The molecule has 0 aliphatic heterocycles. The molecular weight excluding hydrogens is 322 g/mol. The second-order valence-corrected chi connectivity index (χ2v) is 6.80. The molecule has 0 unspecified atom stereocenters. The van der Waals surface area contributed by atoms with Crippen LogP contribution in [0.2, 0.25) is 0 Å². The Labute approximate surface area is 144 Å². The first-order valence-corrected chi connectivity index (χ1v) is 8.78. The van der Waals surface area contributed by atoms with Crippen LogP contribution in [-0.4, -0.2) is 14.7 Å². The second-order valence-electron chi connectivity index (χ2n) is 6.80. The number of aromatic hydroxyl groups is 1. The predicted octanol–water partition coefficient (Wildman–Crippen LogP) is 5.27. The van der Waals surface area contributed by atoms with Crippen LogP contribution in [0, 0.1) is 17.6 Å². The highest BCUT2D eigenvalue weighted by Crippen LogP contribution is 2.34. The molecule has 0 bridgehead atoms. The molecule has 3 nitrogen and oxygen atoms in total. The lowest BCUT2D eigenvalue weighted by atomic mass is 9.89. The van der Waals surface area contributed by atoms with E-state index in [-0.39, 0.29) is 11.3 Å². The van der Waals surface area contributed by atoms with E-state index in [0.29, 0.717) is 29.4 Å². The van der Waals surface area contributed by atoms with E-state index >= 15 is 0 Å². The lowest BCUT2D eigenvalue weighted by Crippen LogP contribution is -2.15. The van der Waals surface area contributed by atoms with Gasteiger partial charge in [0, 0.05) is 6.54 Å². The number of phenolic OH excluding ortho intramolecular Hbond substituents is 1. The van der Waals surface area contributed by atoms with E-state index in [1.807, 2.05) is 4.57 Å². The van der Waals surface area contributed by atoms with E-state index in [9.17, 15) is 13.9 Å².